The van der Waals surface area contributed by atoms with Crippen molar-refractivity contribution in [2.75, 3.05) is 5.73 Å². The summed E-state index contributed by atoms with van der Waals surface area (Å²) in [5.41, 5.74) is 5.97. The number of nitrogen functional groups attached to an aromatic ring is 1. The van der Waals surface area contributed by atoms with Gasteiger partial charge in [0, 0.05) is 21.3 Å². The van der Waals surface area contributed by atoms with Crippen molar-refractivity contribution >= 4 is 27.4 Å². The molecule has 0 saturated heterocycles. The fourth-order valence-electron chi connectivity index (χ4n) is 1.96. The van der Waals surface area contributed by atoms with Crippen molar-refractivity contribution in [1.82, 2.24) is 0 Å². The molecule has 0 aliphatic rings. The van der Waals surface area contributed by atoms with Crippen LogP contribution in [0.5, 0.6) is 0 Å². The number of hydrogen-bond donors (Lipinski definition) is 1. The van der Waals surface area contributed by atoms with Crippen molar-refractivity contribution in [3.05, 3.63) is 63.1 Å². The maximum atomic E-state index is 12.6. The maximum Gasteiger partial charge on any atom is 0.416 e. The molecule has 2 aromatic carbocycles. The summed E-state index contributed by atoms with van der Waals surface area (Å²) in [6, 6.07) is 7.84. The van der Waals surface area contributed by atoms with E-state index in [1.54, 1.807) is 18.2 Å². The fraction of sp³-hybridized carbons (Fsp3) is 0.133. The summed E-state index contributed by atoms with van der Waals surface area (Å²) in [5.74, 6) is -0.403. The fourth-order valence-corrected chi connectivity index (χ4v) is 2.33. The van der Waals surface area contributed by atoms with E-state index in [9.17, 15) is 18.0 Å². The summed E-state index contributed by atoms with van der Waals surface area (Å²) < 4.78 is 38.6. The number of alkyl halides is 3. The predicted octanol–water partition coefficient (Wildman–Crippen LogP) is 4.59. The number of anilines is 1. The van der Waals surface area contributed by atoms with Gasteiger partial charge in [0.15, 0.2) is 5.78 Å². The first-order chi connectivity index (χ1) is 9.70. The Bertz CT molecular complexity index is 711. The Balaban J connectivity index is 2.47. The van der Waals surface area contributed by atoms with Crippen LogP contribution in [0.1, 0.15) is 27.0 Å². The Kier molecular flexibility index (Phi) is 4.09. The number of ketones is 1. The highest BCUT2D eigenvalue weighted by molar-refractivity contribution is 9.10. The van der Waals surface area contributed by atoms with Gasteiger partial charge in [0.25, 0.3) is 0 Å². The SMILES string of the molecule is Cc1cc(C(F)(F)F)ccc1C(=O)c1cc(Br)ccc1N. The molecule has 0 bridgehead atoms. The number of halogens is 4. The molecule has 0 aliphatic heterocycles. The minimum atomic E-state index is -4.43. The van der Waals surface area contributed by atoms with E-state index in [0.717, 1.165) is 12.1 Å². The molecule has 110 valence electrons. The molecule has 0 unspecified atom stereocenters. The molecule has 2 nitrogen and oxygen atoms in total. The second-order valence-electron chi connectivity index (χ2n) is 4.59. The van der Waals surface area contributed by atoms with Crippen molar-refractivity contribution < 1.29 is 18.0 Å². The molecular formula is C15H11BrF3NO. The molecule has 6 heteroatoms. The minimum absolute atomic E-state index is 0.202. The number of rotatable bonds is 2. The zero-order valence-electron chi connectivity index (χ0n) is 11.0. The van der Waals surface area contributed by atoms with Gasteiger partial charge in [-0.25, -0.2) is 0 Å². The second-order valence-corrected chi connectivity index (χ2v) is 5.50. The summed E-state index contributed by atoms with van der Waals surface area (Å²) >= 11 is 3.24. The van der Waals surface area contributed by atoms with Gasteiger partial charge in [-0.3, -0.25) is 4.79 Å². The van der Waals surface area contributed by atoms with Gasteiger partial charge in [0.1, 0.15) is 0 Å². The molecule has 2 rings (SSSR count). The van der Waals surface area contributed by atoms with Gasteiger partial charge in [-0.05, 0) is 42.8 Å². The summed E-state index contributed by atoms with van der Waals surface area (Å²) in [6.07, 6.45) is -4.43. The maximum absolute atomic E-state index is 12.6. The standard InChI is InChI=1S/C15H11BrF3NO/c1-8-6-9(15(17,18)19)2-4-11(8)14(21)12-7-10(16)3-5-13(12)20/h2-7H,20H2,1H3. The molecule has 0 heterocycles. The first-order valence-corrected chi connectivity index (χ1v) is 6.77. The quantitative estimate of drug-likeness (QED) is 0.630. The van der Waals surface area contributed by atoms with Crippen molar-refractivity contribution in [1.29, 1.82) is 0 Å². The minimum Gasteiger partial charge on any atom is -0.398 e. The third-order valence-electron chi connectivity index (χ3n) is 3.06. The molecule has 0 aromatic heterocycles. The van der Waals surface area contributed by atoms with Gasteiger partial charge in [-0.2, -0.15) is 13.2 Å². The van der Waals surface area contributed by atoms with E-state index < -0.39 is 17.5 Å². The molecule has 0 radical (unpaired) electrons. The van der Waals surface area contributed by atoms with Gasteiger partial charge < -0.3 is 5.73 Å². The van der Waals surface area contributed by atoms with E-state index in [4.69, 9.17) is 5.73 Å². The normalized spacial score (nSPS) is 11.5. The largest absolute Gasteiger partial charge is 0.416 e. The Hall–Kier alpha value is -1.82. The van der Waals surface area contributed by atoms with Crippen molar-refractivity contribution in [2.45, 2.75) is 13.1 Å². The van der Waals surface area contributed by atoms with Crippen LogP contribution in [-0.2, 0) is 6.18 Å². The number of nitrogens with two attached hydrogens (primary N) is 1. The second kappa shape index (κ2) is 5.52. The van der Waals surface area contributed by atoms with Crippen LogP contribution in [0.2, 0.25) is 0 Å². The van der Waals surface area contributed by atoms with E-state index in [1.165, 1.54) is 13.0 Å². The summed E-state index contributed by atoms with van der Waals surface area (Å²) in [6.45, 7) is 1.47. The first-order valence-electron chi connectivity index (χ1n) is 5.97. The van der Waals surface area contributed by atoms with Crippen LogP contribution in [0, 0.1) is 6.92 Å². The van der Waals surface area contributed by atoms with Gasteiger partial charge in [0.2, 0.25) is 0 Å². The van der Waals surface area contributed by atoms with Crippen LogP contribution in [-0.4, -0.2) is 5.78 Å². The molecule has 0 saturated carbocycles. The highest BCUT2D eigenvalue weighted by Crippen LogP contribution is 2.31. The van der Waals surface area contributed by atoms with Crippen molar-refractivity contribution in [3.8, 4) is 0 Å². The zero-order valence-corrected chi connectivity index (χ0v) is 12.5. The molecule has 0 atom stereocenters. The zero-order chi connectivity index (χ0) is 15.8. The van der Waals surface area contributed by atoms with Crippen LogP contribution in [0.15, 0.2) is 40.9 Å². The molecular weight excluding hydrogens is 347 g/mol. The molecule has 0 spiro atoms. The predicted molar refractivity (Wildman–Crippen MR) is 78.2 cm³/mol. The molecule has 2 aromatic rings. The average molecular weight is 358 g/mol. The van der Waals surface area contributed by atoms with Crippen LogP contribution in [0.4, 0.5) is 18.9 Å². The lowest BCUT2D eigenvalue weighted by Gasteiger charge is -2.11. The van der Waals surface area contributed by atoms with Gasteiger partial charge in [-0.1, -0.05) is 22.0 Å². The van der Waals surface area contributed by atoms with Gasteiger partial charge >= 0.3 is 6.18 Å². The number of hydrogen-bond acceptors (Lipinski definition) is 2. The number of carbonyl (C=O) groups excluding carboxylic acids is 1. The van der Waals surface area contributed by atoms with Crippen LogP contribution < -0.4 is 5.73 Å². The van der Waals surface area contributed by atoms with E-state index in [0.29, 0.717) is 4.47 Å². The third-order valence-corrected chi connectivity index (χ3v) is 3.55. The van der Waals surface area contributed by atoms with Gasteiger partial charge in [-0.15, -0.1) is 0 Å². The van der Waals surface area contributed by atoms with Crippen LogP contribution in [0.25, 0.3) is 0 Å². The lowest BCUT2D eigenvalue weighted by molar-refractivity contribution is -0.137. The lowest BCUT2D eigenvalue weighted by atomic mass is 9.96. The monoisotopic (exact) mass is 357 g/mol. The Morgan fingerprint density at radius 3 is 2.33 bits per heavy atom. The topological polar surface area (TPSA) is 43.1 Å². The number of carbonyl (C=O) groups is 1. The Morgan fingerprint density at radius 2 is 1.76 bits per heavy atom. The molecule has 2 N–H and O–H groups in total. The number of benzene rings is 2. The summed E-state index contributed by atoms with van der Waals surface area (Å²) in [5, 5.41) is 0. The van der Waals surface area contributed by atoms with Crippen LogP contribution in [0.3, 0.4) is 0 Å². The van der Waals surface area contributed by atoms with Crippen molar-refractivity contribution in [3.63, 3.8) is 0 Å². The van der Waals surface area contributed by atoms with E-state index in [1.807, 2.05) is 0 Å². The third kappa shape index (κ3) is 3.26. The highest BCUT2D eigenvalue weighted by Gasteiger charge is 2.31. The smallest absolute Gasteiger partial charge is 0.398 e. The Morgan fingerprint density at radius 1 is 1.10 bits per heavy atom. The van der Waals surface area contributed by atoms with Crippen LogP contribution >= 0.6 is 15.9 Å². The molecule has 0 fully saturated rings. The van der Waals surface area contributed by atoms with E-state index in [2.05, 4.69) is 15.9 Å². The summed E-state index contributed by atoms with van der Waals surface area (Å²) in [7, 11) is 0. The lowest BCUT2D eigenvalue weighted by Crippen LogP contribution is -2.10. The first kappa shape index (κ1) is 15.6. The van der Waals surface area contributed by atoms with E-state index in [-0.39, 0.29) is 22.4 Å². The van der Waals surface area contributed by atoms with Crippen molar-refractivity contribution in [2.24, 2.45) is 0 Å². The molecule has 0 aliphatic carbocycles. The molecule has 21 heavy (non-hydrogen) atoms. The van der Waals surface area contributed by atoms with Gasteiger partial charge in [0.05, 0.1) is 5.56 Å². The van der Waals surface area contributed by atoms with E-state index >= 15 is 0 Å². The highest BCUT2D eigenvalue weighted by atomic mass is 79.9. The average Bonchev–Trinajstić information content (AvgIpc) is 2.39. The Labute approximate surface area is 127 Å². The molecule has 0 amide bonds. The number of aryl methyl sites for hydroxylation is 1. The summed E-state index contributed by atoms with van der Waals surface area (Å²) in [4.78, 5) is 12.4.